The number of amides is 1. The number of benzene rings is 1. The summed E-state index contributed by atoms with van der Waals surface area (Å²) in [6.45, 7) is 4.93. The van der Waals surface area contributed by atoms with Gasteiger partial charge in [0, 0.05) is 38.4 Å². The molecule has 5 rings (SSSR count). The van der Waals surface area contributed by atoms with Crippen molar-refractivity contribution in [2.24, 2.45) is 0 Å². The van der Waals surface area contributed by atoms with Gasteiger partial charge < -0.3 is 9.80 Å². The fourth-order valence-corrected chi connectivity index (χ4v) is 5.88. The first-order valence-corrected chi connectivity index (χ1v) is 12.4. The molecule has 3 fully saturated rings. The van der Waals surface area contributed by atoms with Crippen LogP contribution in [0.25, 0.3) is 0 Å². The van der Waals surface area contributed by atoms with Crippen molar-refractivity contribution in [1.82, 2.24) is 14.8 Å². The fourth-order valence-electron chi connectivity index (χ4n) is 5.28. The lowest BCUT2D eigenvalue weighted by atomic mass is 9.75. The molecule has 1 aliphatic carbocycles. The number of hydrogen-bond donors (Lipinski definition) is 1. The number of nitriles is 1. The summed E-state index contributed by atoms with van der Waals surface area (Å²) in [5.41, 5.74) is -1.60. The summed E-state index contributed by atoms with van der Waals surface area (Å²) in [5.74, 6) is -0.296. The normalized spacial score (nSPS) is 22.7. The van der Waals surface area contributed by atoms with Gasteiger partial charge in [0.15, 0.2) is 11.2 Å². The van der Waals surface area contributed by atoms with Gasteiger partial charge in [0.25, 0.3) is 5.91 Å². The Morgan fingerprint density at radius 3 is 2.36 bits per heavy atom. The average molecular weight is 517 g/mol. The maximum Gasteiger partial charge on any atom is 0.419 e. The van der Waals surface area contributed by atoms with E-state index in [2.05, 4.69) is 21.8 Å². The molecular weight excluding hydrogens is 489 g/mol. The molecule has 3 heterocycles. The Kier molecular flexibility index (Phi) is 6.39. The van der Waals surface area contributed by atoms with E-state index in [9.17, 15) is 18.0 Å². The SMILES string of the molecule is CN1CCN(Cc2ccc(N3C(S)N(c4cnc(C#N)c(C(F)(F)F)c4)C(=O)C34CCC4)cc2)CC1. The van der Waals surface area contributed by atoms with Crippen LogP contribution in [-0.4, -0.2) is 65.0 Å². The van der Waals surface area contributed by atoms with Crippen molar-refractivity contribution in [2.75, 3.05) is 43.0 Å². The molecule has 7 nitrogen and oxygen atoms in total. The second kappa shape index (κ2) is 9.25. The number of anilines is 2. The van der Waals surface area contributed by atoms with Crippen LogP contribution in [0, 0.1) is 11.3 Å². The third kappa shape index (κ3) is 4.21. The topological polar surface area (TPSA) is 66.7 Å². The molecule has 1 aromatic carbocycles. The predicted octanol–water partition coefficient (Wildman–Crippen LogP) is 3.71. The van der Waals surface area contributed by atoms with Crippen LogP contribution in [-0.2, 0) is 17.5 Å². The zero-order valence-electron chi connectivity index (χ0n) is 19.9. The van der Waals surface area contributed by atoms with Crippen molar-refractivity contribution >= 4 is 29.9 Å². The number of hydrogen-bond acceptors (Lipinski definition) is 7. The zero-order valence-corrected chi connectivity index (χ0v) is 20.8. The van der Waals surface area contributed by atoms with E-state index in [1.807, 2.05) is 29.2 Å². The van der Waals surface area contributed by atoms with Gasteiger partial charge in [-0.25, -0.2) is 4.98 Å². The largest absolute Gasteiger partial charge is 0.419 e. The van der Waals surface area contributed by atoms with Crippen LogP contribution in [0.15, 0.2) is 36.5 Å². The molecule has 2 aliphatic heterocycles. The Morgan fingerprint density at radius 1 is 1.14 bits per heavy atom. The lowest BCUT2D eigenvalue weighted by molar-refractivity contribution is -0.138. The van der Waals surface area contributed by atoms with Crippen LogP contribution in [0.4, 0.5) is 24.5 Å². The number of nitrogens with zero attached hydrogens (tertiary/aromatic N) is 6. The van der Waals surface area contributed by atoms with Gasteiger partial charge in [-0.3, -0.25) is 14.6 Å². The molecule has 1 saturated carbocycles. The highest BCUT2D eigenvalue weighted by molar-refractivity contribution is 7.81. The van der Waals surface area contributed by atoms with E-state index < -0.39 is 28.5 Å². The van der Waals surface area contributed by atoms with Crippen molar-refractivity contribution in [3.63, 3.8) is 0 Å². The number of likely N-dealkylation sites (N-methyl/N-ethyl adjacent to an activating group) is 1. The van der Waals surface area contributed by atoms with Gasteiger partial charge in [-0.15, -0.1) is 12.6 Å². The highest BCUT2D eigenvalue weighted by atomic mass is 32.1. The van der Waals surface area contributed by atoms with Gasteiger partial charge in [-0.2, -0.15) is 18.4 Å². The van der Waals surface area contributed by atoms with E-state index in [-0.39, 0.29) is 11.6 Å². The van der Waals surface area contributed by atoms with Gasteiger partial charge in [-0.1, -0.05) is 12.1 Å². The molecule has 1 atom stereocenters. The summed E-state index contributed by atoms with van der Waals surface area (Å²) in [7, 11) is 2.12. The molecule has 1 amide bonds. The summed E-state index contributed by atoms with van der Waals surface area (Å²) in [6.07, 6.45) is -1.59. The number of alkyl halides is 3. The predicted molar refractivity (Wildman–Crippen MR) is 132 cm³/mol. The second-order valence-corrected chi connectivity index (χ2v) is 10.2. The van der Waals surface area contributed by atoms with Crippen molar-refractivity contribution in [3.05, 3.63) is 53.3 Å². The molecule has 0 N–H and O–H groups in total. The monoisotopic (exact) mass is 516 g/mol. The minimum Gasteiger partial charge on any atom is -0.328 e. The first-order chi connectivity index (χ1) is 17.1. The Morgan fingerprint density at radius 2 is 1.81 bits per heavy atom. The molecule has 3 aliphatic rings. The number of thiol groups is 1. The standard InChI is InChI=1S/C25H27F3N6OS/c1-31-9-11-32(12-10-31)16-17-3-5-18(6-4-17)34-23(36)33(22(35)24(34)7-2-8-24)19-13-20(25(26,27)28)21(14-29)30-15-19/h3-6,13,15,23,36H,2,7-12,16H2,1H3. The average Bonchev–Trinajstić information content (AvgIpc) is 3.07. The number of rotatable bonds is 4. The van der Waals surface area contributed by atoms with Crippen molar-refractivity contribution in [2.45, 2.75) is 43.0 Å². The summed E-state index contributed by atoms with van der Waals surface area (Å²) in [5, 5.41) is 9.08. The molecule has 2 saturated heterocycles. The van der Waals surface area contributed by atoms with Crippen LogP contribution in [0.2, 0.25) is 0 Å². The minimum atomic E-state index is -4.77. The first-order valence-electron chi connectivity index (χ1n) is 11.9. The fraction of sp³-hybridized carbons (Fsp3) is 0.480. The van der Waals surface area contributed by atoms with E-state index in [1.165, 1.54) is 11.0 Å². The Bertz CT molecular complexity index is 1190. The van der Waals surface area contributed by atoms with Crippen LogP contribution in [0.3, 0.4) is 0 Å². The maximum atomic E-state index is 13.6. The molecule has 1 unspecified atom stereocenters. The van der Waals surface area contributed by atoms with Crippen molar-refractivity contribution in [1.29, 1.82) is 5.26 Å². The molecule has 1 aromatic heterocycles. The molecule has 0 bridgehead atoms. The molecular formula is C25H27F3N6OS. The number of pyridine rings is 1. The third-order valence-corrected chi connectivity index (χ3v) is 7.96. The van der Waals surface area contributed by atoms with E-state index in [4.69, 9.17) is 17.9 Å². The van der Waals surface area contributed by atoms with Crippen molar-refractivity contribution in [3.8, 4) is 6.07 Å². The third-order valence-electron chi connectivity index (χ3n) is 7.50. The van der Waals surface area contributed by atoms with Crippen LogP contribution >= 0.6 is 12.6 Å². The lowest BCUT2D eigenvalue weighted by Crippen LogP contribution is -2.55. The number of halogens is 3. The summed E-state index contributed by atoms with van der Waals surface area (Å²) < 4.78 is 40.7. The molecule has 2 aromatic rings. The van der Waals surface area contributed by atoms with Gasteiger partial charge in [-0.05, 0) is 50.1 Å². The maximum absolute atomic E-state index is 13.6. The van der Waals surface area contributed by atoms with Gasteiger partial charge in [0.1, 0.15) is 11.6 Å². The smallest absolute Gasteiger partial charge is 0.328 e. The van der Waals surface area contributed by atoms with Crippen molar-refractivity contribution < 1.29 is 18.0 Å². The van der Waals surface area contributed by atoms with Crippen LogP contribution in [0.1, 0.15) is 36.1 Å². The molecule has 11 heteroatoms. The molecule has 190 valence electrons. The number of aromatic nitrogens is 1. The van der Waals surface area contributed by atoms with E-state index >= 15 is 0 Å². The summed E-state index contributed by atoms with van der Waals surface area (Å²) >= 11 is 4.71. The summed E-state index contributed by atoms with van der Waals surface area (Å²) in [6, 6.07) is 10.3. The Labute approximate surface area is 213 Å². The number of carbonyl (C=O) groups excluding carboxylic acids is 1. The summed E-state index contributed by atoms with van der Waals surface area (Å²) in [4.78, 5) is 25.2. The molecule has 36 heavy (non-hydrogen) atoms. The molecule has 0 radical (unpaired) electrons. The van der Waals surface area contributed by atoms with E-state index in [1.54, 1.807) is 0 Å². The first kappa shape index (κ1) is 24.9. The highest BCUT2D eigenvalue weighted by Crippen LogP contribution is 2.50. The Hall–Kier alpha value is -2.81. The zero-order chi connectivity index (χ0) is 25.7. The van der Waals surface area contributed by atoms with E-state index in [0.29, 0.717) is 12.8 Å². The Balaban J connectivity index is 1.43. The number of piperazine rings is 1. The molecule has 1 spiro atoms. The quantitative estimate of drug-likeness (QED) is 0.626. The minimum absolute atomic E-state index is 0.0215. The number of carbonyl (C=O) groups is 1. The van der Waals surface area contributed by atoms with E-state index in [0.717, 1.165) is 62.7 Å². The lowest BCUT2D eigenvalue weighted by Gasteiger charge is -2.44. The highest BCUT2D eigenvalue weighted by Gasteiger charge is 2.60. The van der Waals surface area contributed by atoms with Crippen LogP contribution in [0.5, 0.6) is 0 Å². The van der Waals surface area contributed by atoms with Crippen LogP contribution < -0.4 is 9.80 Å². The van der Waals surface area contributed by atoms with Gasteiger partial charge >= 0.3 is 6.18 Å². The second-order valence-electron chi connectivity index (χ2n) is 9.72. The van der Waals surface area contributed by atoms with Gasteiger partial charge in [0.2, 0.25) is 0 Å². The van der Waals surface area contributed by atoms with Gasteiger partial charge in [0.05, 0.1) is 17.4 Å².